The highest BCUT2D eigenvalue weighted by molar-refractivity contribution is 7.13. The van der Waals surface area contributed by atoms with Crippen molar-refractivity contribution < 1.29 is 14.0 Å². The van der Waals surface area contributed by atoms with Gasteiger partial charge in [-0.15, -0.1) is 11.3 Å². The first-order chi connectivity index (χ1) is 14.1. The Labute approximate surface area is 172 Å². The maximum Gasteiger partial charge on any atom is 0.226 e. The highest BCUT2D eigenvalue weighted by atomic mass is 32.1. The number of pyridine rings is 1. The Morgan fingerprint density at radius 3 is 2.55 bits per heavy atom. The van der Waals surface area contributed by atoms with Crippen LogP contribution in [0.25, 0.3) is 0 Å². The number of amides is 2. The lowest BCUT2D eigenvalue weighted by Gasteiger charge is -2.23. The van der Waals surface area contributed by atoms with Gasteiger partial charge in [0.1, 0.15) is 5.82 Å². The third-order valence-electron chi connectivity index (χ3n) is 4.25. The number of rotatable bonds is 9. The number of carbonyl (C=O) groups excluding carboxylic acids is 2. The maximum absolute atomic E-state index is 13.2. The summed E-state index contributed by atoms with van der Waals surface area (Å²) in [5.41, 5.74) is 1.71. The van der Waals surface area contributed by atoms with Gasteiger partial charge in [-0.05, 0) is 29.8 Å². The van der Waals surface area contributed by atoms with Gasteiger partial charge in [-0.25, -0.2) is 9.37 Å². The fourth-order valence-corrected chi connectivity index (χ4v) is 3.29. The van der Waals surface area contributed by atoms with E-state index >= 15 is 0 Å². The molecule has 0 aliphatic heterocycles. The van der Waals surface area contributed by atoms with Gasteiger partial charge < -0.3 is 10.2 Å². The Morgan fingerprint density at radius 2 is 1.86 bits per heavy atom. The van der Waals surface area contributed by atoms with Crippen LogP contribution in [0.4, 0.5) is 9.52 Å². The van der Waals surface area contributed by atoms with Crippen LogP contribution in [0.3, 0.4) is 0 Å². The molecule has 8 heteroatoms. The van der Waals surface area contributed by atoms with Gasteiger partial charge in [-0.2, -0.15) is 0 Å². The molecule has 29 heavy (non-hydrogen) atoms. The smallest absolute Gasteiger partial charge is 0.226 e. The third kappa shape index (κ3) is 6.76. The minimum atomic E-state index is -0.320. The van der Waals surface area contributed by atoms with Gasteiger partial charge in [0, 0.05) is 55.8 Å². The number of hydrogen-bond acceptors (Lipinski definition) is 5. The minimum absolute atomic E-state index is 0.0713. The normalized spacial score (nSPS) is 10.5. The zero-order valence-corrected chi connectivity index (χ0v) is 16.6. The molecule has 0 bridgehead atoms. The average Bonchev–Trinajstić information content (AvgIpc) is 3.24. The van der Waals surface area contributed by atoms with Crippen LogP contribution in [-0.4, -0.2) is 33.2 Å². The summed E-state index contributed by atoms with van der Waals surface area (Å²) in [7, 11) is 0. The predicted molar refractivity (Wildman–Crippen MR) is 110 cm³/mol. The number of nitrogens with one attached hydrogen (secondary N) is 1. The summed E-state index contributed by atoms with van der Waals surface area (Å²) in [6, 6.07) is 11.7. The maximum atomic E-state index is 13.2. The number of aromatic nitrogens is 2. The van der Waals surface area contributed by atoms with Crippen LogP contribution in [0.5, 0.6) is 0 Å². The zero-order valence-electron chi connectivity index (χ0n) is 15.8. The van der Waals surface area contributed by atoms with Crippen molar-refractivity contribution in [2.45, 2.75) is 25.8 Å². The average molecular weight is 412 g/mol. The summed E-state index contributed by atoms with van der Waals surface area (Å²) in [5, 5.41) is 4.96. The standard InChI is InChI=1S/C21H21FN4O2S/c22-17-6-4-16(5-7-17)15-26(13-10-18-3-1-2-11-23-18)20(28)9-8-19(27)25-21-24-12-14-29-21/h1-7,11-12,14H,8-10,13,15H2,(H,24,25,27). The fraction of sp³-hybridized carbons (Fsp3) is 0.238. The number of halogens is 1. The molecule has 150 valence electrons. The second-order valence-corrected chi connectivity index (χ2v) is 7.29. The van der Waals surface area contributed by atoms with E-state index in [1.165, 1.54) is 23.5 Å². The summed E-state index contributed by atoms with van der Waals surface area (Å²) in [6.45, 7) is 0.807. The van der Waals surface area contributed by atoms with Crippen molar-refractivity contribution >= 4 is 28.3 Å². The van der Waals surface area contributed by atoms with Crippen LogP contribution in [0.2, 0.25) is 0 Å². The molecule has 0 fully saturated rings. The fourth-order valence-electron chi connectivity index (χ4n) is 2.74. The van der Waals surface area contributed by atoms with E-state index in [1.807, 2.05) is 18.2 Å². The van der Waals surface area contributed by atoms with Crippen LogP contribution in [-0.2, 0) is 22.6 Å². The van der Waals surface area contributed by atoms with E-state index < -0.39 is 0 Å². The molecule has 3 rings (SSSR count). The number of anilines is 1. The minimum Gasteiger partial charge on any atom is -0.338 e. The molecule has 1 aromatic carbocycles. The molecule has 0 saturated heterocycles. The quantitative estimate of drug-likeness (QED) is 0.582. The molecule has 0 spiro atoms. The number of thiazole rings is 1. The summed E-state index contributed by atoms with van der Waals surface area (Å²) in [4.78, 5) is 34.8. The van der Waals surface area contributed by atoms with Crippen molar-refractivity contribution in [1.29, 1.82) is 0 Å². The Kier molecular flexibility index (Phi) is 7.40. The first-order valence-corrected chi connectivity index (χ1v) is 10.1. The third-order valence-corrected chi connectivity index (χ3v) is 4.94. The van der Waals surface area contributed by atoms with Gasteiger partial charge in [0.25, 0.3) is 0 Å². The molecule has 2 aromatic heterocycles. The lowest BCUT2D eigenvalue weighted by molar-refractivity contribution is -0.133. The van der Waals surface area contributed by atoms with Gasteiger partial charge in [0.05, 0.1) is 0 Å². The summed E-state index contributed by atoms with van der Waals surface area (Å²) < 4.78 is 13.2. The molecule has 2 amide bonds. The van der Waals surface area contributed by atoms with Gasteiger partial charge in [0.15, 0.2) is 5.13 Å². The largest absolute Gasteiger partial charge is 0.338 e. The van der Waals surface area contributed by atoms with Crippen molar-refractivity contribution in [3.63, 3.8) is 0 Å². The molecular weight excluding hydrogens is 391 g/mol. The molecule has 0 atom stereocenters. The number of benzene rings is 1. The van der Waals surface area contributed by atoms with Crippen LogP contribution in [0.1, 0.15) is 24.1 Å². The van der Waals surface area contributed by atoms with Crippen LogP contribution < -0.4 is 5.32 Å². The summed E-state index contributed by atoms with van der Waals surface area (Å²) in [6.07, 6.45) is 4.07. The van der Waals surface area contributed by atoms with E-state index in [1.54, 1.807) is 34.8 Å². The molecule has 0 unspecified atom stereocenters. The van der Waals surface area contributed by atoms with Crippen LogP contribution >= 0.6 is 11.3 Å². The molecule has 0 aliphatic rings. The lowest BCUT2D eigenvalue weighted by Crippen LogP contribution is -2.33. The van der Waals surface area contributed by atoms with E-state index in [-0.39, 0.29) is 30.5 Å². The number of nitrogens with zero attached hydrogens (tertiary/aromatic N) is 3. The second-order valence-electron chi connectivity index (χ2n) is 6.40. The van der Waals surface area contributed by atoms with Crippen LogP contribution in [0.15, 0.2) is 60.2 Å². The van der Waals surface area contributed by atoms with Gasteiger partial charge >= 0.3 is 0 Å². The van der Waals surface area contributed by atoms with E-state index in [0.29, 0.717) is 24.6 Å². The first kappa shape index (κ1) is 20.6. The summed E-state index contributed by atoms with van der Waals surface area (Å²) >= 11 is 1.32. The van der Waals surface area contributed by atoms with E-state index in [2.05, 4.69) is 15.3 Å². The van der Waals surface area contributed by atoms with Crippen molar-refractivity contribution in [3.05, 3.63) is 77.3 Å². The van der Waals surface area contributed by atoms with Crippen molar-refractivity contribution in [2.75, 3.05) is 11.9 Å². The van der Waals surface area contributed by atoms with Crippen molar-refractivity contribution in [2.24, 2.45) is 0 Å². The molecule has 6 nitrogen and oxygen atoms in total. The Morgan fingerprint density at radius 1 is 1.03 bits per heavy atom. The van der Waals surface area contributed by atoms with E-state index in [4.69, 9.17) is 0 Å². The van der Waals surface area contributed by atoms with E-state index in [9.17, 15) is 14.0 Å². The number of hydrogen-bond donors (Lipinski definition) is 1. The van der Waals surface area contributed by atoms with Gasteiger partial charge in [0.2, 0.25) is 11.8 Å². The topological polar surface area (TPSA) is 75.2 Å². The Bertz CT molecular complexity index is 918. The SMILES string of the molecule is O=C(CCC(=O)N(CCc1ccccn1)Cc1ccc(F)cc1)Nc1nccs1. The highest BCUT2D eigenvalue weighted by Crippen LogP contribution is 2.13. The predicted octanol–water partition coefficient (Wildman–Crippen LogP) is 3.67. The monoisotopic (exact) mass is 412 g/mol. The Hall–Kier alpha value is -3.13. The molecule has 0 radical (unpaired) electrons. The molecular formula is C21H21FN4O2S. The first-order valence-electron chi connectivity index (χ1n) is 9.21. The second kappa shape index (κ2) is 10.4. The van der Waals surface area contributed by atoms with Crippen molar-refractivity contribution in [3.8, 4) is 0 Å². The Balaban J connectivity index is 1.59. The van der Waals surface area contributed by atoms with Gasteiger partial charge in [-0.1, -0.05) is 18.2 Å². The highest BCUT2D eigenvalue weighted by Gasteiger charge is 2.16. The van der Waals surface area contributed by atoms with Gasteiger partial charge in [-0.3, -0.25) is 14.6 Å². The number of carbonyl (C=O) groups is 2. The molecule has 0 aliphatic carbocycles. The zero-order chi connectivity index (χ0) is 20.5. The lowest BCUT2D eigenvalue weighted by atomic mass is 10.1. The molecule has 3 aromatic rings. The molecule has 2 heterocycles. The van der Waals surface area contributed by atoms with Crippen LogP contribution in [0, 0.1) is 5.82 Å². The van der Waals surface area contributed by atoms with E-state index in [0.717, 1.165) is 11.3 Å². The molecule has 0 saturated carbocycles. The molecule has 1 N–H and O–H groups in total. The summed E-state index contributed by atoms with van der Waals surface area (Å²) in [5.74, 6) is -0.710. The van der Waals surface area contributed by atoms with Crippen molar-refractivity contribution in [1.82, 2.24) is 14.9 Å².